The zero-order valence-corrected chi connectivity index (χ0v) is 17.8. The topological polar surface area (TPSA) is 70.8 Å². The Balaban J connectivity index is 1.68. The van der Waals surface area contributed by atoms with E-state index < -0.39 is 10.0 Å². The summed E-state index contributed by atoms with van der Waals surface area (Å²) in [4.78, 5) is 14.7. The van der Waals surface area contributed by atoms with Gasteiger partial charge in [0.1, 0.15) is 11.5 Å². The zero-order valence-electron chi connectivity index (χ0n) is 16.9. The highest BCUT2D eigenvalue weighted by Crippen LogP contribution is 2.24. The minimum atomic E-state index is -3.55. The van der Waals surface area contributed by atoms with Crippen molar-refractivity contribution in [1.82, 2.24) is 9.21 Å². The number of amides is 1. The largest absolute Gasteiger partial charge is 0.466 e. The molecule has 1 amide bonds. The van der Waals surface area contributed by atoms with Crippen LogP contribution in [0.15, 0.2) is 39.6 Å². The Morgan fingerprint density at radius 1 is 1.11 bits per heavy atom. The number of hydrogen-bond donors (Lipinski definition) is 0. The third-order valence-corrected chi connectivity index (χ3v) is 7.41. The predicted molar refractivity (Wildman–Crippen MR) is 108 cm³/mol. The van der Waals surface area contributed by atoms with E-state index in [1.807, 2.05) is 12.1 Å². The van der Waals surface area contributed by atoms with Crippen LogP contribution in [-0.4, -0.2) is 49.7 Å². The van der Waals surface area contributed by atoms with E-state index in [-0.39, 0.29) is 19.0 Å². The van der Waals surface area contributed by atoms with E-state index in [4.69, 9.17) is 4.42 Å². The van der Waals surface area contributed by atoms with Crippen molar-refractivity contribution in [3.63, 3.8) is 0 Å². The van der Waals surface area contributed by atoms with Crippen LogP contribution in [0.1, 0.15) is 53.6 Å². The summed E-state index contributed by atoms with van der Waals surface area (Å²) in [7, 11) is -3.55. The summed E-state index contributed by atoms with van der Waals surface area (Å²) in [6.07, 6.45) is 1.01. The maximum atomic E-state index is 12.9. The van der Waals surface area contributed by atoms with E-state index in [0.717, 1.165) is 12.0 Å². The number of sulfonamides is 1. The molecule has 2 aromatic rings. The highest BCUT2D eigenvalue weighted by molar-refractivity contribution is 7.89. The van der Waals surface area contributed by atoms with Gasteiger partial charge in [0, 0.05) is 26.2 Å². The third kappa shape index (κ3) is 4.00. The van der Waals surface area contributed by atoms with Gasteiger partial charge in [-0.3, -0.25) is 4.79 Å². The molecule has 28 heavy (non-hydrogen) atoms. The molecule has 1 atom stereocenters. The van der Waals surface area contributed by atoms with Crippen LogP contribution in [0.4, 0.5) is 0 Å². The maximum absolute atomic E-state index is 12.9. The molecule has 0 saturated carbocycles. The standard InChI is InChI=1S/C21H28N2O4S/c1-5-15(2)18-6-8-19(9-7-18)28(25,26)23-12-10-22(11-13-23)21(24)20-14-16(3)27-17(20)4/h6-9,14-15H,5,10-13H2,1-4H3. The molecule has 1 aromatic carbocycles. The fourth-order valence-corrected chi connectivity index (χ4v) is 4.92. The molecule has 152 valence electrons. The van der Waals surface area contributed by atoms with Crippen molar-refractivity contribution in [1.29, 1.82) is 0 Å². The van der Waals surface area contributed by atoms with Gasteiger partial charge in [-0.05, 0) is 49.9 Å². The van der Waals surface area contributed by atoms with Gasteiger partial charge in [-0.15, -0.1) is 0 Å². The average Bonchev–Trinajstić information content (AvgIpc) is 3.05. The van der Waals surface area contributed by atoms with Crippen molar-refractivity contribution in [2.45, 2.75) is 44.9 Å². The summed E-state index contributed by atoms with van der Waals surface area (Å²) in [5.74, 6) is 1.59. The molecule has 0 spiro atoms. The first-order valence-corrected chi connectivity index (χ1v) is 11.1. The summed E-state index contributed by atoms with van der Waals surface area (Å²) in [5.41, 5.74) is 1.69. The van der Waals surface area contributed by atoms with Crippen LogP contribution in [0.2, 0.25) is 0 Å². The Hall–Kier alpha value is -2.12. The molecule has 1 unspecified atom stereocenters. The van der Waals surface area contributed by atoms with Crippen molar-refractivity contribution >= 4 is 15.9 Å². The number of rotatable bonds is 5. The normalized spacial score (nSPS) is 16.9. The molecule has 3 rings (SSSR count). The van der Waals surface area contributed by atoms with Crippen LogP contribution in [0, 0.1) is 13.8 Å². The van der Waals surface area contributed by atoms with Gasteiger partial charge in [0.25, 0.3) is 5.91 Å². The van der Waals surface area contributed by atoms with Crippen molar-refractivity contribution in [3.05, 3.63) is 53.0 Å². The van der Waals surface area contributed by atoms with Crippen LogP contribution in [0.5, 0.6) is 0 Å². The van der Waals surface area contributed by atoms with E-state index in [1.165, 1.54) is 4.31 Å². The molecule has 1 aromatic heterocycles. The van der Waals surface area contributed by atoms with E-state index in [9.17, 15) is 13.2 Å². The van der Waals surface area contributed by atoms with E-state index >= 15 is 0 Å². The van der Waals surface area contributed by atoms with Gasteiger partial charge < -0.3 is 9.32 Å². The number of benzene rings is 1. The summed E-state index contributed by atoms with van der Waals surface area (Å²) < 4.78 is 32.8. The molecule has 0 bridgehead atoms. The quantitative estimate of drug-likeness (QED) is 0.764. The summed E-state index contributed by atoms with van der Waals surface area (Å²) in [6.45, 7) is 9.13. The molecule has 1 saturated heterocycles. The summed E-state index contributed by atoms with van der Waals surface area (Å²) in [5, 5.41) is 0. The number of piperazine rings is 1. The summed E-state index contributed by atoms with van der Waals surface area (Å²) in [6, 6.07) is 8.90. The van der Waals surface area contributed by atoms with Gasteiger partial charge in [-0.2, -0.15) is 4.31 Å². The average molecular weight is 405 g/mol. The Morgan fingerprint density at radius 2 is 1.71 bits per heavy atom. The Kier molecular flexibility index (Phi) is 5.95. The van der Waals surface area contributed by atoms with Gasteiger partial charge in [-0.25, -0.2) is 8.42 Å². The highest BCUT2D eigenvalue weighted by atomic mass is 32.2. The van der Waals surface area contributed by atoms with Gasteiger partial charge in [0.15, 0.2) is 0 Å². The Morgan fingerprint density at radius 3 is 2.21 bits per heavy atom. The third-order valence-electron chi connectivity index (χ3n) is 5.50. The fraction of sp³-hybridized carbons (Fsp3) is 0.476. The number of carbonyl (C=O) groups is 1. The van der Waals surface area contributed by atoms with Gasteiger partial charge >= 0.3 is 0 Å². The van der Waals surface area contributed by atoms with E-state index in [1.54, 1.807) is 36.9 Å². The number of carbonyl (C=O) groups excluding carboxylic acids is 1. The molecule has 1 aliphatic heterocycles. The first-order valence-electron chi connectivity index (χ1n) is 9.70. The molecule has 0 aliphatic carbocycles. The second kappa shape index (κ2) is 8.09. The highest BCUT2D eigenvalue weighted by Gasteiger charge is 2.31. The van der Waals surface area contributed by atoms with Crippen LogP contribution in [0.3, 0.4) is 0 Å². The number of aryl methyl sites for hydroxylation is 2. The molecule has 1 aliphatic rings. The molecule has 2 heterocycles. The zero-order chi connectivity index (χ0) is 20.5. The van der Waals surface area contributed by atoms with Crippen LogP contribution >= 0.6 is 0 Å². The fourth-order valence-electron chi connectivity index (χ4n) is 3.50. The van der Waals surface area contributed by atoms with Gasteiger partial charge in [0.05, 0.1) is 10.5 Å². The van der Waals surface area contributed by atoms with Gasteiger partial charge in [-0.1, -0.05) is 26.0 Å². The number of nitrogens with zero attached hydrogens (tertiary/aromatic N) is 2. The minimum absolute atomic E-state index is 0.107. The lowest BCUT2D eigenvalue weighted by Crippen LogP contribution is -2.50. The van der Waals surface area contributed by atoms with Crippen LogP contribution in [0.25, 0.3) is 0 Å². The monoisotopic (exact) mass is 404 g/mol. The van der Waals surface area contributed by atoms with E-state index in [0.29, 0.717) is 41.0 Å². The minimum Gasteiger partial charge on any atom is -0.466 e. The summed E-state index contributed by atoms with van der Waals surface area (Å²) >= 11 is 0. The number of furan rings is 1. The lowest BCUT2D eigenvalue weighted by molar-refractivity contribution is 0.0696. The van der Waals surface area contributed by atoms with Crippen molar-refractivity contribution in [2.75, 3.05) is 26.2 Å². The predicted octanol–water partition coefficient (Wildman–Crippen LogP) is 3.56. The Labute approximate surface area is 167 Å². The van der Waals surface area contributed by atoms with Crippen LogP contribution < -0.4 is 0 Å². The first-order chi connectivity index (χ1) is 13.2. The van der Waals surface area contributed by atoms with E-state index in [2.05, 4.69) is 13.8 Å². The number of hydrogen-bond acceptors (Lipinski definition) is 4. The smallest absolute Gasteiger partial charge is 0.257 e. The second-order valence-corrected chi connectivity index (χ2v) is 9.34. The second-order valence-electron chi connectivity index (χ2n) is 7.40. The molecule has 7 heteroatoms. The first kappa shape index (κ1) is 20.6. The van der Waals surface area contributed by atoms with Crippen LogP contribution in [-0.2, 0) is 10.0 Å². The maximum Gasteiger partial charge on any atom is 0.257 e. The van der Waals surface area contributed by atoms with Crippen molar-refractivity contribution < 1.29 is 17.6 Å². The molecule has 6 nitrogen and oxygen atoms in total. The molecule has 1 fully saturated rings. The molecular weight excluding hydrogens is 376 g/mol. The molecule has 0 N–H and O–H groups in total. The molecular formula is C21H28N2O4S. The lowest BCUT2D eigenvalue weighted by atomic mass is 9.99. The molecule has 0 radical (unpaired) electrons. The lowest BCUT2D eigenvalue weighted by Gasteiger charge is -2.34. The Bertz CT molecular complexity index is 939. The van der Waals surface area contributed by atoms with Gasteiger partial charge in [0.2, 0.25) is 10.0 Å². The van der Waals surface area contributed by atoms with Crippen molar-refractivity contribution in [3.8, 4) is 0 Å². The SMILES string of the molecule is CCC(C)c1ccc(S(=O)(=O)N2CCN(C(=O)c3cc(C)oc3C)CC2)cc1. The van der Waals surface area contributed by atoms with Crippen molar-refractivity contribution in [2.24, 2.45) is 0 Å².